The van der Waals surface area contributed by atoms with Gasteiger partial charge in [0.2, 0.25) is 0 Å². The molecule has 1 aliphatic rings. The highest BCUT2D eigenvalue weighted by molar-refractivity contribution is 5.73. The van der Waals surface area contributed by atoms with Crippen LogP contribution in [0.15, 0.2) is 36.4 Å². The molecule has 0 aromatic heterocycles. The molecule has 0 spiro atoms. The van der Waals surface area contributed by atoms with E-state index in [0.29, 0.717) is 36.8 Å². The van der Waals surface area contributed by atoms with Crippen LogP contribution in [0.5, 0.6) is 11.5 Å². The fraction of sp³-hybridized carbons (Fsp3) is 0.235. The van der Waals surface area contributed by atoms with Crippen molar-refractivity contribution in [2.24, 2.45) is 0 Å². The van der Waals surface area contributed by atoms with E-state index in [1.54, 1.807) is 12.1 Å². The number of carbonyl (C=O) groups is 1. The number of amides is 2. The molecule has 3 rings (SSSR count). The van der Waals surface area contributed by atoms with Crippen molar-refractivity contribution in [2.75, 3.05) is 13.2 Å². The standard InChI is InChI=1S/C17H16F2N2O3/c18-13-5-12(6-14(19)8-13)10-21-17(22)20-9-11-1-2-15-16(7-11)24-4-3-23-15/h1-2,5-8H,3-4,9-10H2,(H2,20,21,22). The molecule has 0 atom stereocenters. The monoisotopic (exact) mass is 334 g/mol. The van der Waals surface area contributed by atoms with Gasteiger partial charge in [0.25, 0.3) is 0 Å². The Morgan fingerprint density at radius 2 is 1.50 bits per heavy atom. The molecule has 0 fully saturated rings. The number of benzene rings is 2. The van der Waals surface area contributed by atoms with Gasteiger partial charge in [-0.25, -0.2) is 13.6 Å². The Morgan fingerprint density at radius 3 is 2.21 bits per heavy atom. The molecule has 2 amide bonds. The lowest BCUT2D eigenvalue weighted by Gasteiger charge is -2.19. The van der Waals surface area contributed by atoms with Crippen LogP contribution in [0, 0.1) is 11.6 Å². The van der Waals surface area contributed by atoms with Gasteiger partial charge in [0.05, 0.1) is 0 Å². The van der Waals surface area contributed by atoms with Crippen LogP contribution in [0.1, 0.15) is 11.1 Å². The highest BCUT2D eigenvalue weighted by Crippen LogP contribution is 2.30. The second-order valence-electron chi connectivity index (χ2n) is 5.29. The molecule has 0 saturated heterocycles. The second-order valence-corrected chi connectivity index (χ2v) is 5.29. The maximum Gasteiger partial charge on any atom is 0.315 e. The number of halogens is 2. The van der Waals surface area contributed by atoms with E-state index < -0.39 is 17.7 Å². The first-order chi connectivity index (χ1) is 11.6. The average molecular weight is 334 g/mol. The van der Waals surface area contributed by atoms with Crippen LogP contribution in [0.3, 0.4) is 0 Å². The SMILES string of the molecule is O=C(NCc1cc(F)cc(F)c1)NCc1ccc2c(c1)OCCO2. The molecular formula is C17H16F2N2O3. The molecule has 2 N–H and O–H groups in total. The summed E-state index contributed by atoms with van der Waals surface area (Å²) >= 11 is 0. The van der Waals surface area contributed by atoms with Crippen molar-refractivity contribution in [3.05, 3.63) is 59.2 Å². The van der Waals surface area contributed by atoms with E-state index in [4.69, 9.17) is 9.47 Å². The van der Waals surface area contributed by atoms with Gasteiger partial charge in [0, 0.05) is 19.2 Å². The quantitative estimate of drug-likeness (QED) is 0.904. The van der Waals surface area contributed by atoms with Crippen molar-refractivity contribution >= 4 is 6.03 Å². The highest BCUT2D eigenvalue weighted by Gasteiger charge is 2.12. The first-order valence-electron chi connectivity index (χ1n) is 7.45. The van der Waals surface area contributed by atoms with Gasteiger partial charge in [-0.15, -0.1) is 0 Å². The maximum absolute atomic E-state index is 13.1. The van der Waals surface area contributed by atoms with Gasteiger partial charge in [-0.2, -0.15) is 0 Å². The van der Waals surface area contributed by atoms with Crippen LogP contribution < -0.4 is 20.1 Å². The van der Waals surface area contributed by atoms with E-state index in [-0.39, 0.29) is 6.54 Å². The van der Waals surface area contributed by atoms with Gasteiger partial charge in [0.1, 0.15) is 24.8 Å². The predicted molar refractivity (Wildman–Crippen MR) is 82.9 cm³/mol. The molecule has 2 aromatic carbocycles. The molecular weight excluding hydrogens is 318 g/mol. The van der Waals surface area contributed by atoms with E-state index >= 15 is 0 Å². The summed E-state index contributed by atoms with van der Waals surface area (Å²) in [6.07, 6.45) is 0. The first kappa shape index (κ1) is 16.0. The van der Waals surface area contributed by atoms with Crippen LogP contribution in [-0.4, -0.2) is 19.2 Å². The Hall–Kier alpha value is -2.83. The number of ether oxygens (including phenoxy) is 2. The molecule has 0 unspecified atom stereocenters. The van der Waals surface area contributed by atoms with Crippen LogP contribution in [0.4, 0.5) is 13.6 Å². The Balaban J connectivity index is 1.50. The zero-order valence-corrected chi connectivity index (χ0v) is 12.8. The third-order valence-corrected chi connectivity index (χ3v) is 3.44. The predicted octanol–water partition coefficient (Wildman–Crippen LogP) is 2.74. The zero-order valence-electron chi connectivity index (χ0n) is 12.8. The van der Waals surface area contributed by atoms with Gasteiger partial charge in [-0.05, 0) is 35.4 Å². The minimum absolute atomic E-state index is 0.0294. The molecule has 5 nitrogen and oxygen atoms in total. The Bertz CT molecular complexity index is 732. The molecule has 1 heterocycles. The number of urea groups is 1. The lowest BCUT2D eigenvalue weighted by Crippen LogP contribution is -2.34. The summed E-state index contributed by atoms with van der Waals surface area (Å²) in [4.78, 5) is 11.8. The fourth-order valence-corrected chi connectivity index (χ4v) is 2.34. The largest absolute Gasteiger partial charge is 0.486 e. The molecule has 0 aliphatic carbocycles. The molecule has 1 aliphatic heterocycles. The smallest absolute Gasteiger partial charge is 0.315 e. The second kappa shape index (κ2) is 7.16. The molecule has 2 aromatic rings. The summed E-state index contributed by atoms with van der Waals surface area (Å²) in [5.74, 6) is -0.0225. The Kier molecular flexibility index (Phi) is 4.79. The van der Waals surface area contributed by atoms with Crippen LogP contribution in [0.2, 0.25) is 0 Å². The van der Waals surface area contributed by atoms with Crippen LogP contribution in [-0.2, 0) is 13.1 Å². The van der Waals surface area contributed by atoms with E-state index in [1.165, 1.54) is 12.1 Å². The van der Waals surface area contributed by atoms with Gasteiger partial charge in [0.15, 0.2) is 11.5 Å². The molecule has 0 radical (unpaired) electrons. The van der Waals surface area contributed by atoms with E-state index in [1.807, 2.05) is 6.07 Å². The normalized spacial score (nSPS) is 12.6. The molecule has 0 bridgehead atoms. The van der Waals surface area contributed by atoms with Gasteiger partial charge in [-0.1, -0.05) is 6.07 Å². The summed E-state index contributed by atoms with van der Waals surface area (Å²) < 4.78 is 37.0. The van der Waals surface area contributed by atoms with Gasteiger partial charge >= 0.3 is 6.03 Å². The van der Waals surface area contributed by atoms with Gasteiger partial charge < -0.3 is 20.1 Å². The number of carbonyl (C=O) groups excluding carboxylic acids is 1. The minimum atomic E-state index is -0.677. The highest BCUT2D eigenvalue weighted by atomic mass is 19.1. The summed E-state index contributed by atoms with van der Waals surface area (Å²) in [6.45, 7) is 1.34. The molecule has 24 heavy (non-hydrogen) atoms. The number of hydrogen-bond acceptors (Lipinski definition) is 3. The number of fused-ring (bicyclic) bond motifs is 1. The molecule has 0 saturated carbocycles. The number of hydrogen-bond donors (Lipinski definition) is 2. The van der Waals surface area contributed by atoms with Crippen LogP contribution in [0.25, 0.3) is 0 Å². The fourth-order valence-electron chi connectivity index (χ4n) is 2.34. The summed E-state index contributed by atoms with van der Waals surface area (Å²) in [5.41, 5.74) is 1.20. The van der Waals surface area contributed by atoms with Crippen LogP contribution >= 0.6 is 0 Å². The minimum Gasteiger partial charge on any atom is -0.486 e. The number of nitrogens with one attached hydrogen (secondary N) is 2. The summed E-state index contributed by atoms with van der Waals surface area (Å²) in [7, 11) is 0. The molecule has 126 valence electrons. The van der Waals surface area contributed by atoms with E-state index in [2.05, 4.69) is 10.6 Å². The third kappa shape index (κ3) is 4.13. The maximum atomic E-state index is 13.1. The van der Waals surface area contributed by atoms with Gasteiger partial charge in [-0.3, -0.25) is 0 Å². The topological polar surface area (TPSA) is 59.6 Å². The van der Waals surface area contributed by atoms with Crippen molar-refractivity contribution in [3.63, 3.8) is 0 Å². The van der Waals surface area contributed by atoms with Crippen molar-refractivity contribution in [3.8, 4) is 11.5 Å². The summed E-state index contributed by atoms with van der Waals surface area (Å²) in [6, 6.07) is 8.11. The number of rotatable bonds is 4. The lowest BCUT2D eigenvalue weighted by atomic mass is 10.2. The Labute approximate surface area is 137 Å². The average Bonchev–Trinajstić information content (AvgIpc) is 2.57. The van der Waals surface area contributed by atoms with Crippen molar-refractivity contribution < 1.29 is 23.0 Å². The summed E-state index contributed by atoms with van der Waals surface area (Å²) in [5, 5.41) is 5.22. The van der Waals surface area contributed by atoms with E-state index in [0.717, 1.165) is 11.6 Å². The zero-order chi connectivity index (χ0) is 16.9. The molecule has 7 heteroatoms. The Morgan fingerprint density at radius 1 is 0.875 bits per heavy atom. The first-order valence-corrected chi connectivity index (χ1v) is 7.45. The lowest BCUT2D eigenvalue weighted by molar-refractivity contribution is 0.171. The van der Waals surface area contributed by atoms with E-state index in [9.17, 15) is 13.6 Å². The van der Waals surface area contributed by atoms with Crippen molar-refractivity contribution in [2.45, 2.75) is 13.1 Å². The van der Waals surface area contributed by atoms with Crippen molar-refractivity contribution in [1.82, 2.24) is 10.6 Å². The van der Waals surface area contributed by atoms with Crippen molar-refractivity contribution in [1.29, 1.82) is 0 Å². The third-order valence-electron chi connectivity index (χ3n) is 3.44.